The number of piperidine rings is 1. The van der Waals surface area contributed by atoms with E-state index in [1.165, 1.54) is 20.0 Å². The Morgan fingerprint density at radius 3 is 2.23 bits per heavy atom. The number of sulfonamides is 1. The molecular weight excluding hydrogens is 368 g/mol. The van der Waals surface area contributed by atoms with Crippen LogP contribution in [0.5, 0.6) is 0 Å². The summed E-state index contributed by atoms with van der Waals surface area (Å²) in [5, 5.41) is 0.614. The third kappa shape index (κ3) is 4.40. The van der Waals surface area contributed by atoms with E-state index in [4.69, 9.17) is 4.84 Å². The molecule has 0 atom stereocenters. The molecule has 0 amide bonds. The number of rotatable bonds is 6. The average Bonchev–Trinajstić information content (AvgIpc) is 2.66. The van der Waals surface area contributed by atoms with Crippen LogP contribution in [0.15, 0.2) is 64.4 Å². The van der Waals surface area contributed by atoms with E-state index in [1.807, 2.05) is 23.9 Å². The Morgan fingerprint density at radius 2 is 1.65 bits per heavy atom. The Bertz CT molecular complexity index is 802. The lowest BCUT2D eigenvalue weighted by molar-refractivity contribution is 0.216. The zero-order chi connectivity index (χ0) is 18.6. The van der Waals surface area contributed by atoms with Gasteiger partial charge in [-0.05, 0) is 69.4 Å². The van der Waals surface area contributed by atoms with Crippen LogP contribution >= 0.6 is 11.8 Å². The first-order valence-corrected chi connectivity index (χ1v) is 10.9. The second-order valence-corrected chi connectivity index (χ2v) is 9.47. The highest BCUT2D eigenvalue weighted by atomic mass is 32.2. The van der Waals surface area contributed by atoms with Gasteiger partial charge in [0.15, 0.2) is 0 Å². The summed E-state index contributed by atoms with van der Waals surface area (Å²) in [6.07, 6.45) is 2.35. The summed E-state index contributed by atoms with van der Waals surface area (Å²) < 4.78 is 26.5. The summed E-state index contributed by atoms with van der Waals surface area (Å²) in [5.74, 6) is 0. The number of benzene rings is 2. The van der Waals surface area contributed by atoms with Gasteiger partial charge < -0.3 is 4.90 Å². The molecule has 0 bridgehead atoms. The number of nitrogens with zero attached hydrogens (tertiary/aromatic N) is 2. The molecular formula is C19H24N2O3S2. The molecule has 140 valence electrons. The zero-order valence-electron chi connectivity index (χ0n) is 15.0. The molecule has 5 nitrogen and oxygen atoms in total. The van der Waals surface area contributed by atoms with Crippen LogP contribution in [0.25, 0.3) is 0 Å². The maximum absolute atomic E-state index is 12.8. The number of thioether (sulfide) groups is 1. The van der Waals surface area contributed by atoms with Crippen molar-refractivity contribution < 1.29 is 13.3 Å². The Balaban J connectivity index is 1.74. The van der Waals surface area contributed by atoms with Crippen LogP contribution in [0.2, 0.25) is 0 Å². The first-order chi connectivity index (χ1) is 12.5. The summed E-state index contributed by atoms with van der Waals surface area (Å²) in [6.45, 7) is 2.26. The van der Waals surface area contributed by atoms with E-state index in [2.05, 4.69) is 11.9 Å². The van der Waals surface area contributed by atoms with Gasteiger partial charge in [-0.1, -0.05) is 18.2 Å². The number of anilines is 1. The normalized spacial score (nSPS) is 16.5. The van der Waals surface area contributed by atoms with Gasteiger partial charge in [0, 0.05) is 10.1 Å². The van der Waals surface area contributed by atoms with Crippen LogP contribution in [0, 0.1) is 0 Å². The lowest BCUT2D eigenvalue weighted by Gasteiger charge is -2.28. The Labute approximate surface area is 160 Å². The minimum Gasteiger partial charge on any atom is -0.306 e. The standard InChI is InChI=1S/C19H24N2O3S2/c1-20-14-12-18(13-15-20)25-17-10-8-16(9-11-17)21(24-2)26(22,23)19-6-4-3-5-7-19/h3-11,18H,12-15H2,1-2H3. The molecule has 0 spiro atoms. The third-order valence-corrected chi connectivity index (χ3v) is 7.45. The number of hydrogen-bond acceptors (Lipinski definition) is 5. The van der Waals surface area contributed by atoms with Gasteiger partial charge in [-0.2, -0.15) is 8.42 Å². The first kappa shape index (κ1) is 19.2. The third-order valence-electron chi connectivity index (χ3n) is 4.44. The predicted octanol–water partition coefficient (Wildman–Crippen LogP) is 3.63. The molecule has 2 aromatic rings. The van der Waals surface area contributed by atoms with E-state index < -0.39 is 10.0 Å². The SMILES string of the molecule is CON(c1ccc(SC2CCN(C)CC2)cc1)S(=O)(=O)c1ccccc1. The van der Waals surface area contributed by atoms with Crippen molar-refractivity contribution in [2.45, 2.75) is 27.9 Å². The molecule has 0 aliphatic carbocycles. The minimum absolute atomic E-state index is 0.201. The molecule has 1 fully saturated rings. The van der Waals surface area contributed by atoms with E-state index in [9.17, 15) is 8.42 Å². The fourth-order valence-electron chi connectivity index (χ4n) is 2.97. The van der Waals surface area contributed by atoms with Gasteiger partial charge >= 0.3 is 0 Å². The van der Waals surface area contributed by atoms with Crippen LogP contribution in [0.1, 0.15) is 12.8 Å². The second-order valence-electron chi connectivity index (χ2n) is 6.34. The largest absolute Gasteiger partial charge is 0.306 e. The van der Waals surface area contributed by atoms with Gasteiger partial charge in [0.1, 0.15) is 0 Å². The highest BCUT2D eigenvalue weighted by molar-refractivity contribution is 8.00. The molecule has 3 rings (SSSR count). The zero-order valence-corrected chi connectivity index (χ0v) is 16.7. The highest BCUT2D eigenvalue weighted by Crippen LogP contribution is 2.32. The fraction of sp³-hybridized carbons (Fsp3) is 0.368. The van der Waals surface area contributed by atoms with E-state index in [0.717, 1.165) is 22.5 Å². The smallest absolute Gasteiger partial charge is 0.286 e. The van der Waals surface area contributed by atoms with Crippen molar-refractivity contribution in [3.05, 3.63) is 54.6 Å². The van der Waals surface area contributed by atoms with E-state index in [1.54, 1.807) is 42.5 Å². The van der Waals surface area contributed by atoms with E-state index in [0.29, 0.717) is 10.9 Å². The molecule has 7 heteroatoms. The van der Waals surface area contributed by atoms with Gasteiger partial charge in [-0.3, -0.25) is 4.84 Å². The van der Waals surface area contributed by atoms with E-state index >= 15 is 0 Å². The van der Waals surface area contributed by atoms with Gasteiger partial charge in [0.2, 0.25) is 0 Å². The van der Waals surface area contributed by atoms with Gasteiger partial charge in [-0.15, -0.1) is 16.2 Å². The highest BCUT2D eigenvalue weighted by Gasteiger charge is 2.25. The maximum Gasteiger partial charge on any atom is 0.286 e. The summed E-state index contributed by atoms with van der Waals surface area (Å²) in [5.41, 5.74) is 0.490. The van der Waals surface area contributed by atoms with Gasteiger partial charge in [0.05, 0.1) is 17.7 Å². The summed E-state index contributed by atoms with van der Waals surface area (Å²) in [7, 11) is -0.234. The second kappa shape index (κ2) is 8.43. The Kier molecular flexibility index (Phi) is 6.24. The minimum atomic E-state index is -3.75. The van der Waals surface area contributed by atoms with Crippen LogP contribution in [0.4, 0.5) is 5.69 Å². The topological polar surface area (TPSA) is 49.9 Å². The Hall–Kier alpha value is -1.54. The van der Waals surface area contributed by atoms with E-state index in [-0.39, 0.29) is 4.90 Å². The number of likely N-dealkylation sites (tertiary alicyclic amines) is 1. The molecule has 0 N–H and O–H groups in total. The molecule has 1 aliphatic heterocycles. The van der Waals surface area contributed by atoms with Crippen molar-refractivity contribution in [1.82, 2.24) is 4.90 Å². The molecule has 1 saturated heterocycles. The van der Waals surface area contributed by atoms with Crippen molar-refractivity contribution in [1.29, 1.82) is 0 Å². The van der Waals surface area contributed by atoms with Crippen LogP contribution < -0.4 is 4.47 Å². The van der Waals surface area contributed by atoms with Crippen molar-refractivity contribution in [2.24, 2.45) is 0 Å². The summed E-state index contributed by atoms with van der Waals surface area (Å²) in [4.78, 5) is 8.89. The van der Waals surface area contributed by atoms with Crippen molar-refractivity contribution in [2.75, 3.05) is 31.7 Å². The molecule has 1 aliphatic rings. The lowest BCUT2D eigenvalue weighted by Crippen LogP contribution is -2.31. The van der Waals surface area contributed by atoms with Gasteiger partial charge in [0.25, 0.3) is 10.0 Å². The number of hydrogen-bond donors (Lipinski definition) is 0. The van der Waals surface area contributed by atoms with Crippen LogP contribution in [0.3, 0.4) is 0 Å². The summed E-state index contributed by atoms with van der Waals surface area (Å²) >= 11 is 1.86. The fourth-order valence-corrected chi connectivity index (χ4v) is 5.38. The summed E-state index contributed by atoms with van der Waals surface area (Å²) in [6, 6.07) is 15.8. The maximum atomic E-state index is 12.8. The van der Waals surface area contributed by atoms with Crippen molar-refractivity contribution >= 4 is 27.5 Å². The van der Waals surface area contributed by atoms with Crippen molar-refractivity contribution in [3.8, 4) is 0 Å². The molecule has 26 heavy (non-hydrogen) atoms. The molecule has 0 radical (unpaired) electrons. The molecule has 2 aromatic carbocycles. The average molecular weight is 393 g/mol. The Morgan fingerprint density at radius 1 is 1.04 bits per heavy atom. The molecule has 1 heterocycles. The quantitative estimate of drug-likeness (QED) is 0.703. The lowest BCUT2D eigenvalue weighted by atomic mass is 10.1. The van der Waals surface area contributed by atoms with Crippen LogP contribution in [-0.2, 0) is 14.9 Å². The predicted molar refractivity (Wildman–Crippen MR) is 106 cm³/mol. The monoisotopic (exact) mass is 392 g/mol. The van der Waals surface area contributed by atoms with Gasteiger partial charge in [-0.25, -0.2) is 0 Å². The molecule has 0 saturated carbocycles. The van der Waals surface area contributed by atoms with Crippen LogP contribution in [-0.4, -0.2) is 45.8 Å². The molecule has 0 unspecified atom stereocenters. The molecule has 0 aromatic heterocycles. The first-order valence-electron chi connectivity index (χ1n) is 8.60. The van der Waals surface area contributed by atoms with Crippen molar-refractivity contribution in [3.63, 3.8) is 0 Å².